The number of aromatic nitrogens is 3. The first kappa shape index (κ1) is 23.6. The zero-order valence-corrected chi connectivity index (χ0v) is 17.0. The zero-order chi connectivity index (χ0) is 23.8. The lowest BCUT2D eigenvalue weighted by atomic mass is 9.82. The molecule has 31 heavy (non-hydrogen) atoms. The number of hydrogen-bond donors (Lipinski definition) is 0. The molecule has 0 saturated carbocycles. The van der Waals surface area contributed by atoms with Crippen LogP contribution >= 0.6 is 0 Å². The molecule has 14 heteroatoms. The van der Waals surface area contributed by atoms with Gasteiger partial charge in [0.1, 0.15) is 11.4 Å². The minimum atomic E-state index is -6.22. The second-order valence-corrected chi connectivity index (χ2v) is 8.23. The van der Waals surface area contributed by atoms with E-state index in [1.165, 1.54) is 0 Å². The Labute approximate surface area is 172 Å². The molecule has 1 fully saturated rings. The Morgan fingerprint density at radius 3 is 1.87 bits per heavy atom. The Morgan fingerprint density at radius 1 is 0.903 bits per heavy atom. The van der Waals surface area contributed by atoms with Crippen LogP contribution in [0.15, 0.2) is 18.6 Å². The first-order valence-electron chi connectivity index (χ1n) is 8.92. The van der Waals surface area contributed by atoms with Crippen molar-refractivity contribution in [1.82, 2.24) is 14.3 Å². The summed E-state index contributed by atoms with van der Waals surface area (Å²) < 4.78 is 120. The normalized spacial score (nSPS) is 19.3. The van der Waals surface area contributed by atoms with Gasteiger partial charge in [0.05, 0.1) is 16.8 Å². The van der Waals surface area contributed by atoms with Gasteiger partial charge in [0.15, 0.2) is 0 Å². The number of halogens is 8. The monoisotopic (exact) mass is 459 g/mol. The predicted molar refractivity (Wildman–Crippen MR) is 93.2 cm³/mol. The van der Waals surface area contributed by atoms with Crippen molar-refractivity contribution in [3.05, 3.63) is 29.7 Å². The zero-order valence-electron chi connectivity index (χ0n) is 17.0. The van der Waals surface area contributed by atoms with Crippen LogP contribution < -0.4 is 5.46 Å². The highest BCUT2D eigenvalue weighted by Crippen LogP contribution is 2.50. The van der Waals surface area contributed by atoms with Crippen molar-refractivity contribution in [2.24, 2.45) is 7.05 Å². The van der Waals surface area contributed by atoms with E-state index < -0.39 is 53.5 Å². The van der Waals surface area contributed by atoms with Gasteiger partial charge in [-0.2, -0.15) is 40.2 Å². The molecule has 0 unspecified atom stereocenters. The van der Waals surface area contributed by atoms with E-state index in [0.29, 0.717) is 9.25 Å². The molecular formula is C17H18BF8N3O2. The number of aryl methyl sites for hydroxylation is 1. The number of hydrogen-bond acceptors (Lipinski definition) is 3. The molecule has 172 valence electrons. The molecule has 0 amide bonds. The van der Waals surface area contributed by atoms with Crippen molar-refractivity contribution in [3.63, 3.8) is 0 Å². The van der Waals surface area contributed by atoms with Gasteiger partial charge in [0.2, 0.25) is 0 Å². The van der Waals surface area contributed by atoms with E-state index in [4.69, 9.17) is 9.31 Å². The molecule has 1 saturated heterocycles. The van der Waals surface area contributed by atoms with Crippen LogP contribution in [-0.4, -0.2) is 38.8 Å². The number of nitrogens with zero attached hydrogens (tertiary/aromatic N) is 3. The smallest absolute Gasteiger partial charge is 0.399 e. The minimum Gasteiger partial charge on any atom is -0.399 e. The van der Waals surface area contributed by atoms with Gasteiger partial charge in [-0.05, 0) is 27.7 Å². The summed E-state index contributed by atoms with van der Waals surface area (Å²) in [6.45, 7) is 6.95. The molecule has 2 aromatic heterocycles. The average Bonchev–Trinajstić information content (AvgIpc) is 3.20. The highest BCUT2D eigenvalue weighted by atomic mass is 19.4. The van der Waals surface area contributed by atoms with Gasteiger partial charge in [-0.15, -0.1) is 0 Å². The number of alkyl halides is 8. The van der Waals surface area contributed by atoms with E-state index in [-0.39, 0.29) is 11.7 Å². The molecule has 3 rings (SSSR count). The second kappa shape index (κ2) is 6.71. The molecule has 0 radical (unpaired) electrons. The van der Waals surface area contributed by atoms with E-state index in [9.17, 15) is 35.1 Å². The molecule has 5 nitrogen and oxygen atoms in total. The van der Waals surface area contributed by atoms with Crippen molar-refractivity contribution in [2.75, 3.05) is 0 Å². The minimum absolute atomic E-state index is 0.0990. The van der Waals surface area contributed by atoms with Crippen LogP contribution in [0, 0.1) is 0 Å². The lowest BCUT2D eigenvalue weighted by Gasteiger charge is -2.32. The molecule has 0 atom stereocenters. The van der Waals surface area contributed by atoms with Gasteiger partial charge in [-0.25, -0.2) is 4.68 Å². The Balaban J connectivity index is 2.12. The largest absolute Gasteiger partial charge is 0.498 e. The highest BCUT2D eigenvalue weighted by molar-refractivity contribution is 6.62. The van der Waals surface area contributed by atoms with Gasteiger partial charge >= 0.3 is 25.4 Å². The van der Waals surface area contributed by atoms with E-state index in [2.05, 4.69) is 5.10 Å². The molecule has 0 N–H and O–H groups in total. The van der Waals surface area contributed by atoms with Crippen LogP contribution in [0.5, 0.6) is 0 Å². The first-order valence-corrected chi connectivity index (χ1v) is 8.92. The van der Waals surface area contributed by atoms with E-state index >= 15 is 0 Å². The lowest BCUT2D eigenvalue weighted by molar-refractivity contribution is -0.290. The maximum Gasteiger partial charge on any atom is 0.498 e. The third-order valence-electron chi connectivity index (χ3n) is 5.47. The van der Waals surface area contributed by atoms with Crippen molar-refractivity contribution >= 4 is 12.6 Å². The van der Waals surface area contributed by atoms with Crippen molar-refractivity contribution in [1.29, 1.82) is 0 Å². The third-order valence-corrected chi connectivity index (χ3v) is 5.47. The van der Waals surface area contributed by atoms with Gasteiger partial charge in [-0.1, -0.05) is 0 Å². The lowest BCUT2D eigenvalue weighted by Crippen LogP contribution is -2.41. The maximum absolute atomic E-state index is 13.9. The number of rotatable bonds is 3. The molecule has 3 heterocycles. The quantitative estimate of drug-likeness (QED) is 0.511. The van der Waals surface area contributed by atoms with E-state index in [1.54, 1.807) is 27.7 Å². The van der Waals surface area contributed by atoms with Crippen LogP contribution in [0.25, 0.3) is 5.82 Å². The molecular weight excluding hydrogens is 441 g/mol. The average molecular weight is 459 g/mol. The molecule has 1 aliphatic heterocycles. The summed E-state index contributed by atoms with van der Waals surface area (Å²) in [6, 6.07) is 0. The van der Waals surface area contributed by atoms with Crippen LogP contribution in [0.2, 0.25) is 0 Å². The fourth-order valence-corrected chi connectivity index (χ4v) is 3.12. The van der Waals surface area contributed by atoms with Crippen molar-refractivity contribution in [2.45, 2.75) is 57.2 Å². The fraction of sp³-hybridized carbons (Fsp3) is 0.588. The van der Waals surface area contributed by atoms with Crippen LogP contribution in [0.1, 0.15) is 38.8 Å². The topological polar surface area (TPSA) is 41.2 Å². The van der Waals surface area contributed by atoms with Gasteiger partial charge in [0.25, 0.3) is 0 Å². The van der Waals surface area contributed by atoms with Gasteiger partial charge in [-0.3, -0.25) is 0 Å². The summed E-state index contributed by atoms with van der Waals surface area (Å²) in [7, 11) is -0.110. The molecule has 2 aromatic rings. The maximum atomic E-state index is 13.9. The second-order valence-electron chi connectivity index (χ2n) is 8.23. The van der Waals surface area contributed by atoms with Crippen LogP contribution in [-0.2, 0) is 28.5 Å². The Hall–Kier alpha value is -2.09. The van der Waals surface area contributed by atoms with Crippen LogP contribution in [0.3, 0.4) is 0 Å². The Bertz CT molecular complexity index is 975. The predicted octanol–water partition coefficient (Wildman–Crippen LogP) is 4.18. The summed E-state index contributed by atoms with van der Waals surface area (Å²) in [6.07, 6.45) is -9.51. The summed E-state index contributed by atoms with van der Waals surface area (Å²) >= 11 is 0. The summed E-state index contributed by atoms with van der Waals surface area (Å²) in [5.74, 6) is -6.73. The van der Waals surface area contributed by atoms with Crippen LogP contribution in [0.4, 0.5) is 35.1 Å². The standard InChI is InChI=1S/C17H18BF8N3O2/c1-13(2)14(3,4)31-18(30-13)9-6-27-29(7-9)12-11(16(21,22)23)10(8-28(12)5)15(19,20)17(24,25)26/h6-8H,1-5H3. The summed E-state index contributed by atoms with van der Waals surface area (Å²) in [5.41, 5.74) is -5.73. The third kappa shape index (κ3) is 3.73. The van der Waals surface area contributed by atoms with E-state index in [1.807, 2.05) is 0 Å². The summed E-state index contributed by atoms with van der Waals surface area (Å²) in [4.78, 5) is 0. The van der Waals surface area contributed by atoms with E-state index in [0.717, 1.165) is 19.4 Å². The van der Waals surface area contributed by atoms with Gasteiger partial charge < -0.3 is 13.9 Å². The highest BCUT2D eigenvalue weighted by Gasteiger charge is 2.62. The Kier molecular flexibility index (Phi) is 5.10. The SMILES string of the molecule is Cn1cc(C(F)(F)C(F)(F)F)c(C(F)(F)F)c1-n1cc(B2OC(C)(C)C(C)(C)O2)cn1. The fourth-order valence-electron chi connectivity index (χ4n) is 3.12. The molecule has 0 aromatic carbocycles. The van der Waals surface area contributed by atoms with Crippen molar-refractivity contribution in [3.8, 4) is 5.82 Å². The Morgan fingerprint density at radius 2 is 1.42 bits per heavy atom. The molecule has 0 aliphatic carbocycles. The van der Waals surface area contributed by atoms with Crippen molar-refractivity contribution < 1.29 is 44.4 Å². The molecule has 0 spiro atoms. The molecule has 1 aliphatic rings. The summed E-state index contributed by atoms with van der Waals surface area (Å²) in [5, 5.41) is 3.73. The first-order chi connectivity index (χ1) is 13.8. The van der Waals surface area contributed by atoms with Gasteiger partial charge in [0, 0.05) is 31.1 Å². The molecule has 0 bridgehead atoms.